The van der Waals surface area contributed by atoms with Gasteiger partial charge in [-0.1, -0.05) is 77.8 Å². The molecule has 2 heterocycles. The fourth-order valence-corrected chi connectivity index (χ4v) is 5.10. The quantitative estimate of drug-likeness (QED) is 0.167. The lowest BCUT2D eigenvalue weighted by molar-refractivity contribution is -0.112. The van der Waals surface area contributed by atoms with Crippen molar-refractivity contribution in [2.75, 3.05) is 5.32 Å². The summed E-state index contributed by atoms with van der Waals surface area (Å²) < 4.78 is 1.73. The van der Waals surface area contributed by atoms with Crippen molar-refractivity contribution in [1.29, 1.82) is 5.26 Å². The lowest BCUT2D eigenvalue weighted by atomic mass is 10.1. The lowest BCUT2D eigenvalue weighted by Crippen LogP contribution is -2.13. The molecule has 9 heteroatoms. The number of anilines is 1. The number of hydrogen-bond acceptors (Lipinski definition) is 5. The predicted octanol–water partition coefficient (Wildman–Crippen LogP) is 7.44. The van der Waals surface area contributed by atoms with Crippen molar-refractivity contribution >= 4 is 51.7 Å². The van der Waals surface area contributed by atoms with Crippen LogP contribution in [-0.2, 0) is 11.2 Å². The zero-order chi connectivity index (χ0) is 26.5. The van der Waals surface area contributed by atoms with Gasteiger partial charge in [0, 0.05) is 44.9 Å². The Morgan fingerprint density at radius 1 is 1.05 bits per heavy atom. The van der Waals surface area contributed by atoms with Crippen LogP contribution in [0.1, 0.15) is 16.0 Å². The number of para-hydroxylation sites is 1. The third-order valence-corrected chi connectivity index (χ3v) is 7.13. The number of thiazole rings is 1. The van der Waals surface area contributed by atoms with E-state index in [0.29, 0.717) is 32.9 Å². The second-order valence-electron chi connectivity index (χ2n) is 8.25. The number of benzene rings is 3. The van der Waals surface area contributed by atoms with Crippen LogP contribution in [0.15, 0.2) is 96.8 Å². The second-order valence-corrected chi connectivity index (χ2v) is 10.2. The molecule has 6 nitrogen and oxygen atoms in total. The molecule has 0 saturated heterocycles. The Balaban J connectivity index is 1.40. The normalized spacial score (nSPS) is 11.2. The zero-order valence-corrected chi connectivity index (χ0v) is 22.1. The third kappa shape index (κ3) is 5.84. The van der Waals surface area contributed by atoms with Crippen molar-refractivity contribution in [3.05, 3.63) is 123 Å². The highest BCUT2D eigenvalue weighted by molar-refractivity contribution is 7.15. The Kier molecular flexibility index (Phi) is 7.66. The topological polar surface area (TPSA) is 83.6 Å². The van der Waals surface area contributed by atoms with Crippen LogP contribution in [0.2, 0.25) is 10.0 Å². The monoisotopic (exact) mass is 555 g/mol. The van der Waals surface area contributed by atoms with Crippen LogP contribution >= 0.6 is 34.5 Å². The first-order valence-corrected chi connectivity index (χ1v) is 13.1. The molecule has 0 aliphatic heterocycles. The number of nitriles is 1. The molecule has 5 aromatic rings. The highest BCUT2D eigenvalue weighted by Gasteiger charge is 2.16. The fourth-order valence-electron chi connectivity index (χ4n) is 3.79. The van der Waals surface area contributed by atoms with Crippen molar-refractivity contribution in [1.82, 2.24) is 14.8 Å². The third-order valence-electron chi connectivity index (χ3n) is 5.63. The minimum atomic E-state index is -0.551. The van der Waals surface area contributed by atoms with E-state index in [-0.39, 0.29) is 5.57 Å². The molecule has 5 rings (SSSR count). The van der Waals surface area contributed by atoms with E-state index in [2.05, 4.69) is 10.3 Å². The van der Waals surface area contributed by atoms with Gasteiger partial charge in [-0.05, 0) is 35.9 Å². The van der Waals surface area contributed by atoms with Gasteiger partial charge in [-0.15, -0.1) is 11.3 Å². The highest BCUT2D eigenvalue weighted by atomic mass is 35.5. The van der Waals surface area contributed by atoms with E-state index in [9.17, 15) is 10.1 Å². The molecule has 1 N–H and O–H groups in total. The Morgan fingerprint density at radius 3 is 2.50 bits per heavy atom. The molecule has 38 heavy (non-hydrogen) atoms. The van der Waals surface area contributed by atoms with Crippen LogP contribution in [0.25, 0.3) is 23.0 Å². The molecule has 186 valence electrons. The summed E-state index contributed by atoms with van der Waals surface area (Å²) in [4.78, 5) is 18.2. The van der Waals surface area contributed by atoms with E-state index in [0.717, 1.165) is 21.7 Å². The molecular formula is C29H19Cl2N5OS. The summed E-state index contributed by atoms with van der Waals surface area (Å²) in [6.45, 7) is 0. The molecule has 0 saturated carbocycles. The number of carbonyl (C=O) groups is 1. The van der Waals surface area contributed by atoms with E-state index in [1.807, 2.05) is 72.8 Å². The van der Waals surface area contributed by atoms with Crippen LogP contribution in [-0.4, -0.2) is 20.7 Å². The largest absolute Gasteiger partial charge is 0.297 e. The smallest absolute Gasteiger partial charge is 0.268 e. The number of carbonyl (C=O) groups excluding carboxylic acids is 1. The molecule has 2 aromatic heterocycles. The number of halogens is 2. The molecule has 0 atom stereocenters. The molecule has 3 aromatic carbocycles. The van der Waals surface area contributed by atoms with Gasteiger partial charge in [0.05, 0.1) is 11.4 Å². The molecule has 0 unspecified atom stereocenters. The number of hydrogen-bond donors (Lipinski definition) is 1. The molecule has 0 radical (unpaired) electrons. The van der Waals surface area contributed by atoms with Gasteiger partial charge in [-0.25, -0.2) is 9.67 Å². The summed E-state index contributed by atoms with van der Waals surface area (Å²) in [7, 11) is 0. The maximum Gasteiger partial charge on any atom is 0.268 e. The molecule has 0 bridgehead atoms. The predicted molar refractivity (Wildman–Crippen MR) is 153 cm³/mol. The van der Waals surface area contributed by atoms with E-state index >= 15 is 0 Å². The van der Waals surface area contributed by atoms with Gasteiger partial charge >= 0.3 is 0 Å². The van der Waals surface area contributed by atoms with Crippen molar-refractivity contribution in [2.24, 2.45) is 0 Å². The van der Waals surface area contributed by atoms with E-state index < -0.39 is 5.91 Å². The Hall–Kier alpha value is -4.22. The van der Waals surface area contributed by atoms with Crippen LogP contribution < -0.4 is 5.32 Å². The molecule has 0 aliphatic rings. The average molecular weight is 556 g/mol. The molecule has 0 fully saturated rings. The van der Waals surface area contributed by atoms with Crippen LogP contribution in [0.5, 0.6) is 0 Å². The van der Waals surface area contributed by atoms with Gasteiger partial charge in [0.25, 0.3) is 5.91 Å². The summed E-state index contributed by atoms with van der Waals surface area (Å²) >= 11 is 13.6. The summed E-state index contributed by atoms with van der Waals surface area (Å²) in [5, 5.41) is 18.8. The summed E-state index contributed by atoms with van der Waals surface area (Å²) in [6, 6.07) is 26.6. The fraction of sp³-hybridized carbons (Fsp3) is 0.0345. The Bertz CT molecular complexity index is 1670. The van der Waals surface area contributed by atoms with Gasteiger partial charge < -0.3 is 0 Å². The summed E-state index contributed by atoms with van der Waals surface area (Å²) in [5.74, 6) is -0.551. The first kappa shape index (κ1) is 25.4. The molecular weight excluding hydrogens is 537 g/mol. The Labute approximate surface area is 233 Å². The number of nitrogens with one attached hydrogen (secondary N) is 1. The maximum atomic E-state index is 13.0. The van der Waals surface area contributed by atoms with E-state index in [4.69, 9.17) is 28.3 Å². The summed E-state index contributed by atoms with van der Waals surface area (Å²) in [5.41, 5.74) is 3.88. The van der Waals surface area contributed by atoms with Gasteiger partial charge in [0.2, 0.25) is 0 Å². The second kappa shape index (κ2) is 11.4. The first-order chi connectivity index (χ1) is 18.5. The minimum Gasteiger partial charge on any atom is -0.297 e. The zero-order valence-electron chi connectivity index (χ0n) is 19.8. The summed E-state index contributed by atoms with van der Waals surface area (Å²) in [6.07, 6.45) is 5.58. The van der Waals surface area contributed by atoms with Crippen molar-refractivity contribution in [3.8, 4) is 23.0 Å². The van der Waals surface area contributed by atoms with Gasteiger partial charge in [-0.2, -0.15) is 10.4 Å². The van der Waals surface area contributed by atoms with E-state index in [1.54, 1.807) is 35.3 Å². The Morgan fingerprint density at radius 2 is 1.79 bits per heavy atom. The van der Waals surface area contributed by atoms with Gasteiger partial charge in [-0.3, -0.25) is 10.1 Å². The van der Waals surface area contributed by atoms with E-state index in [1.165, 1.54) is 11.3 Å². The standard InChI is InChI=1S/C29H19Cl2N5OS/c30-23-12-11-20(26(31)15-23)14-25-17-33-29(38-25)34-28(37)21(16-32)13-22-18-36(24-9-5-2-6-10-24)35-27(22)19-7-3-1-4-8-19/h1-13,15,17-18H,14H2,(H,33,34,37)/b21-13+. The number of amides is 1. The van der Waals surface area contributed by atoms with Crippen LogP contribution in [0.3, 0.4) is 0 Å². The lowest BCUT2D eigenvalue weighted by Gasteiger charge is -2.03. The highest BCUT2D eigenvalue weighted by Crippen LogP contribution is 2.28. The first-order valence-electron chi connectivity index (χ1n) is 11.5. The SMILES string of the molecule is N#C/C(=C\c1cn(-c2ccccc2)nc1-c1ccccc1)C(=O)Nc1ncc(Cc2ccc(Cl)cc2Cl)s1. The molecule has 1 amide bonds. The number of rotatable bonds is 7. The van der Waals surface area contributed by atoms with Gasteiger partial charge in [0.15, 0.2) is 5.13 Å². The van der Waals surface area contributed by atoms with Crippen molar-refractivity contribution < 1.29 is 4.79 Å². The number of nitrogens with zero attached hydrogens (tertiary/aromatic N) is 4. The number of aromatic nitrogens is 3. The van der Waals surface area contributed by atoms with Crippen molar-refractivity contribution in [2.45, 2.75) is 6.42 Å². The van der Waals surface area contributed by atoms with Crippen molar-refractivity contribution in [3.63, 3.8) is 0 Å². The van der Waals surface area contributed by atoms with Crippen LogP contribution in [0, 0.1) is 11.3 Å². The molecule has 0 spiro atoms. The molecule has 0 aliphatic carbocycles. The van der Waals surface area contributed by atoms with Gasteiger partial charge in [0.1, 0.15) is 11.6 Å². The minimum absolute atomic E-state index is 0.0627. The average Bonchev–Trinajstić information content (AvgIpc) is 3.56. The van der Waals surface area contributed by atoms with Crippen LogP contribution in [0.4, 0.5) is 5.13 Å². The maximum absolute atomic E-state index is 13.0.